The summed E-state index contributed by atoms with van der Waals surface area (Å²) < 4.78 is 77.0. The lowest BCUT2D eigenvalue weighted by molar-refractivity contribution is 0.437. The van der Waals surface area contributed by atoms with Gasteiger partial charge in [0.15, 0.2) is 0 Å². The molecule has 0 spiro atoms. The number of benzene rings is 3. The number of ether oxygens (including phenoxy) is 1. The van der Waals surface area contributed by atoms with Crippen molar-refractivity contribution >= 4 is 49.0 Å². The molecule has 0 aliphatic carbocycles. The Hall–Kier alpha value is -2.47. The highest BCUT2D eigenvalue weighted by molar-refractivity contribution is 7.86. The quantitative estimate of drug-likeness (QED) is 0.282. The smallest absolute Gasteiger partial charge is 0.295 e. The first kappa shape index (κ1) is 24.8. The van der Waals surface area contributed by atoms with Crippen molar-refractivity contribution in [1.29, 1.82) is 0 Å². The molecule has 12 heteroatoms. The van der Waals surface area contributed by atoms with E-state index in [-0.39, 0.29) is 15.6 Å². The van der Waals surface area contributed by atoms with Gasteiger partial charge in [-0.25, -0.2) is 4.58 Å². The van der Waals surface area contributed by atoms with Crippen LogP contribution in [0.25, 0.3) is 5.57 Å². The summed E-state index contributed by atoms with van der Waals surface area (Å²) in [5.74, 6) is 0.910. The van der Waals surface area contributed by atoms with Crippen LogP contribution in [0.3, 0.4) is 0 Å². The van der Waals surface area contributed by atoms with E-state index in [1.54, 1.807) is 12.1 Å². The van der Waals surface area contributed by atoms with Crippen LogP contribution in [0.5, 0.6) is 11.5 Å². The molecule has 0 saturated heterocycles. The molecule has 0 radical (unpaired) electrons. The average Bonchev–Trinajstić information content (AvgIpc) is 2.83. The minimum absolute atomic E-state index is 0.0368. The average molecular weight is 581 g/mol. The van der Waals surface area contributed by atoms with Crippen molar-refractivity contribution in [3.8, 4) is 11.5 Å². The van der Waals surface area contributed by atoms with E-state index in [0.29, 0.717) is 27.9 Å². The van der Waals surface area contributed by atoms with Crippen molar-refractivity contribution in [3.63, 3.8) is 0 Å². The second-order valence-corrected chi connectivity index (χ2v) is 12.9. The Morgan fingerprint density at radius 1 is 0.838 bits per heavy atom. The molecular formula is C25H20Cl2NO7S2+. The van der Waals surface area contributed by atoms with Gasteiger partial charge in [-0.3, -0.25) is 9.11 Å². The summed E-state index contributed by atoms with van der Waals surface area (Å²) in [7, 11) is -9.67. The van der Waals surface area contributed by atoms with E-state index in [1.165, 1.54) is 6.07 Å². The van der Waals surface area contributed by atoms with E-state index in [1.807, 2.05) is 6.07 Å². The third-order valence-electron chi connectivity index (χ3n) is 7.04. The fourth-order valence-electron chi connectivity index (χ4n) is 5.57. The fraction of sp³-hybridized carbons (Fsp3) is 0.240. The molecule has 192 valence electrons. The zero-order valence-corrected chi connectivity index (χ0v) is 22.3. The molecule has 37 heavy (non-hydrogen) atoms. The first-order chi connectivity index (χ1) is 17.4. The monoisotopic (exact) mass is 580 g/mol. The highest BCUT2D eigenvalue weighted by Gasteiger charge is 2.33. The Bertz CT molecular complexity index is 1880. The molecule has 3 aliphatic heterocycles. The molecule has 0 unspecified atom stereocenters. The van der Waals surface area contributed by atoms with E-state index in [2.05, 4.69) is 4.58 Å². The van der Waals surface area contributed by atoms with Gasteiger partial charge in [-0.2, -0.15) is 16.8 Å². The summed E-state index contributed by atoms with van der Waals surface area (Å²) in [6, 6.07) is 8.15. The maximum absolute atomic E-state index is 12.5. The molecule has 6 rings (SSSR count). The van der Waals surface area contributed by atoms with E-state index >= 15 is 0 Å². The Morgan fingerprint density at radius 3 is 2.24 bits per heavy atom. The summed E-state index contributed by atoms with van der Waals surface area (Å²) in [5, 5.41) is 2.19. The normalized spacial score (nSPS) is 16.5. The lowest BCUT2D eigenvalue weighted by atomic mass is 9.87. The minimum atomic E-state index is -4.92. The number of aryl methyl sites for hydroxylation is 1. The van der Waals surface area contributed by atoms with E-state index in [9.17, 15) is 25.9 Å². The van der Waals surface area contributed by atoms with Crippen LogP contribution in [0.1, 0.15) is 35.1 Å². The van der Waals surface area contributed by atoms with Crippen LogP contribution < -0.4 is 19.9 Å². The molecule has 0 aromatic heterocycles. The molecule has 0 saturated carbocycles. The highest BCUT2D eigenvalue weighted by atomic mass is 35.5. The third kappa shape index (κ3) is 4.07. The number of hydrogen-bond acceptors (Lipinski definition) is 5. The van der Waals surface area contributed by atoms with Crippen molar-refractivity contribution < 1.29 is 30.7 Å². The van der Waals surface area contributed by atoms with Crippen LogP contribution in [0.15, 0.2) is 46.2 Å². The fourth-order valence-corrected chi connectivity index (χ4v) is 7.19. The standard InChI is InChI=1S/C25H19Cl2NO7S2/c26-19-11-17-21(12-20(19)27)35-25-16-4-2-8-28-7-1-3-13(24(16)28)9-18(25)23(17)15-6-5-14(36(29,30)31)10-22(15)37(32,33)34/h5-6,9-12H,1-4,7-8H2,(H-,29,30,31,32,33,34)/p+1. The molecule has 3 aromatic carbocycles. The number of nitrogens with zero attached hydrogens (tertiary/aromatic N) is 1. The van der Waals surface area contributed by atoms with Gasteiger partial charge >= 0.3 is 0 Å². The summed E-state index contributed by atoms with van der Waals surface area (Å²) in [4.78, 5) is -1.34. The lowest BCUT2D eigenvalue weighted by Gasteiger charge is -2.27. The molecule has 8 nitrogen and oxygen atoms in total. The van der Waals surface area contributed by atoms with Crippen LogP contribution in [0.4, 0.5) is 0 Å². The molecule has 3 aromatic rings. The van der Waals surface area contributed by atoms with Gasteiger partial charge in [-0.1, -0.05) is 29.3 Å². The molecule has 0 fully saturated rings. The number of halogens is 2. The Labute approximate surface area is 222 Å². The number of fused-ring (bicyclic) bond motifs is 3. The molecule has 3 aliphatic rings. The topological polar surface area (TPSA) is 121 Å². The van der Waals surface area contributed by atoms with Crippen molar-refractivity contribution in [2.75, 3.05) is 13.1 Å². The molecule has 2 N–H and O–H groups in total. The molecular weight excluding hydrogens is 561 g/mol. The summed E-state index contributed by atoms with van der Waals surface area (Å²) in [6.07, 6.45) is 3.49. The summed E-state index contributed by atoms with van der Waals surface area (Å²) in [6.45, 7) is 1.88. The van der Waals surface area contributed by atoms with Gasteiger partial charge in [0.25, 0.3) is 20.2 Å². The van der Waals surface area contributed by atoms with Gasteiger partial charge in [0.2, 0.25) is 5.36 Å². The first-order valence-electron chi connectivity index (χ1n) is 11.5. The highest BCUT2D eigenvalue weighted by Crippen LogP contribution is 2.43. The Balaban J connectivity index is 1.82. The maximum Gasteiger partial charge on any atom is 0.295 e. The third-order valence-corrected chi connectivity index (χ3v) is 9.51. The minimum Gasteiger partial charge on any atom is -0.455 e. The van der Waals surface area contributed by atoms with E-state index < -0.39 is 30.0 Å². The Morgan fingerprint density at radius 2 is 1.54 bits per heavy atom. The second-order valence-electron chi connectivity index (χ2n) is 9.28. The van der Waals surface area contributed by atoms with Gasteiger partial charge in [0, 0.05) is 46.4 Å². The zero-order chi connectivity index (χ0) is 26.3. The van der Waals surface area contributed by atoms with Crippen molar-refractivity contribution in [2.24, 2.45) is 0 Å². The summed E-state index contributed by atoms with van der Waals surface area (Å²) in [5.41, 5.74) is 2.98. The van der Waals surface area contributed by atoms with Gasteiger partial charge in [0.05, 0.1) is 20.5 Å². The molecule has 3 heterocycles. The van der Waals surface area contributed by atoms with Crippen LogP contribution in [-0.4, -0.2) is 39.0 Å². The first-order valence-corrected chi connectivity index (χ1v) is 15.1. The van der Waals surface area contributed by atoms with Crippen LogP contribution in [-0.2, 0) is 33.1 Å². The zero-order valence-electron chi connectivity index (χ0n) is 19.2. The van der Waals surface area contributed by atoms with Crippen molar-refractivity contribution in [3.05, 3.63) is 79.3 Å². The van der Waals surface area contributed by atoms with E-state index in [0.717, 1.165) is 67.4 Å². The van der Waals surface area contributed by atoms with Gasteiger partial charge in [0.1, 0.15) is 29.5 Å². The van der Waals surface area contributed by atoms with Crippen LogP contribution in [0, 0.1) is 0 Å². The summed E-state index contributed by atoms with van der Waals surface area (Å²) >= 11 is 12.7. The SMILES string of the molecule is O=S(=O)(O)c1ccc(C2=c3cc4c5c(c3Oc3cc(Cl)c(Cl)cc32)CCC[N+]=5CCC4)c(S(=O)(=O)O)c1. The lowest BCUT2D eigenvalue weighted by Crippen LogP contribution is -2.45. The molecule has 0 amide bonds. The van der Waals surface area contributed by atoms with Gasteiger partial charge in [-0.05, 0) is 37.1 Å². The van der Waals surface area contributed by atoms with Gasteiger partial charge < -0.3 is 4.74 Å². The van der Waals surface area contributed by atoms with Crippen LogP contribution >= 0.6 is 23.2 Å². The molecule has 0 atom stereocenters. The Kier molecular flexibility index (Phi) is 5.72. The number of rotatable bonds is 3. The van der Waals surface area contributed by atoms with E-state index in [4.69, 9.17) is 27.9 Å². The largest absolute Gasteiger partial charge is 0.455 e. The predicted octanol–water partition coefficient (Wildman–Crippen LogP) is 3.22. The van der Waals surface area contributed by atoms with Crippen LogP contribution in [0.2, 0.25) is 10.0 Å². The van der Waals surface area contributed by atoms with Crippen molar-refractivity contribution in [1.82, 2.24) is 4.58 Å². The van der Waals surface area contributed by atoms with Crippen molar-refractivity contribution in [2.45, 2.75) is 35.5 Å². The second kappa shape index (κ2) is 8.52. The predicted molar refractivity (Wildman–Crippen MR) is 138 cm³/mol. The number of hydrogen-bond donors (Lipinski definition) is 2. The molecule has 0 bridgehead atoms. The maximum atomic E-state index is 12.5. The van der Waals surface area contributed by atoms with Gasteiger partial charge in [-0.15, -0.1) is 0 Å².